The highest BCUT2D eigenvalue weighted by atomic mass is 16.6. The van der Waals surface area contributed by atoms with Gasteiger partial charge >= 0.3 is 5.69 Å². The van der Waals surface area contributed by atoms with Gasteiger partial charge < -0.3 is 15.4 Å². The molecule has 2 rings (SSSR count). The Kier molecular flexibility index (Phi) is 4.73. The first-order valence-corrected chi connectivity index (χ1v) is 6.89. The van der Waals surface area contributed by atoms with Crippen molar-refractivity contribution in [1.82, 2.24) is 4.98 Å². The van der Waals surface area contributed by atoms with Crippen LogP contribution in [0, 0.1) is 10.1 Å². The van der Waals surface area contributed by atoms with Crippen LogP contribution in [0.3, 0.4) is 0 Å². The Balaban J connectivity index is 2.17. The van der Waals surface area contributed by atoms with E-state index in [2.05, 4.69) is 11.9 Å². The van der Waals surface area contributed by atoms with E-state index in [1.54, 1.807) is 0 Å². The molecule has 1 aromatic heterocycles. The molecule has 1 aliphatic rings. The SMILES string of the molecule is CCCOC1CCCN(c2nc(N)ccc2[N+](=O)[O-])C1. The number of nitrogen functional groups attached to an aromatic ring is 1. The highest BCUT2D eigenvalue weighted by Crippen LogP contribution is 2.29. The van der Waals surface area contributed by atoms with Crippen LogP contribution in [-0.4, -0.2) is 35.7 Å². The van der Waals surface area contributed by atoms with Gasteiger partial charge in [-0.25, -0.2) is 4.98 Å². The second kappa shape index (κ2) is 6.51. The minimum atomic E-state index is -0.418. The molecule has 0 aliphatic carbocycles. The summed E-state index contributed by atoms with van der Waals surface area (Å²) in [7, 11) is 0. The van der Waals surface area contributed by atoms with Crippen molar-refractivity contribution in [2.24, 2.45) is 0 Å². The summed E-state index contributed by atoms with van der Waals surface area (Å²) >= 11 is 0. The quantitative estimate of drug-likeness (QED) is 0.654. The number of hydrogen-bond donors (Lipinski definition) is 1. The molecule has 2 heterocycles. The molecule has 1 saturated heterocycles. The maximum absolute atomic E-state index is 11.1. The minimum absolute atomic E-state index is 0.00431. The highest BCUT2D eigenvalue weighted by Gasteiger charge is 2.27. The largest absolute Gasteiger partial charge is 0.384 e. The molecular weight excluding hydrogens is 260 g/mol. The van der Waals surface area contributed by atoms with E-state index in [0.29, 0.717) is 24.8 Å². The van der Waals surface area contributed by atoms with Gasteiger partial charge in [0.15, 0.2) is 0 Å². The molecule has 1 atom stereocenters. The Morgan fingerprint density at radius 1 is 1.60 bits per heavy atom. The molecule has 0 amide bonds. The summed E-state index contributed by atoms with van der Waals surface area (Å²) in [5, 5.41) is 11.1. The first kappa shape index (κ1) is 14.5. The van der Waals surface area contributed by atoms with E-state index in [-0.39, 0.29) is 11.8 Å². The topological polar surface area (TPSA) is 94.5 Å². The van der Waals surface area contributed by atoms with Crippen molar-refractivity contribution < 1.29 is 9.66 Å². The molecule has 0 saturated carbocycles. The van der Waals surface area contributed by atoms with Crippen molar-refractivity contribution in [3.63, 3.8) is 0 Å². The summed E-state index contributed by atoms with van der Waals surface area (Å²) in [4.78, 5) is 16.7. The van der Waals surface area contributed by atoms with Crippen LogP contribution in [-0.2, 0) is 4.74 Å². The number of nitro groups is 1. The molecule has 0 spiro atoms. The van der Waals surface area contributed by atoms with Crippen LogP contribution in [0.2, 0.25) is 0 Å². The zero-order valence-electron chi connectivity index (χ0n) is 11.6. The molecule has 110 valence electrons. The van der Waals surface area contributed by atoms with Crippen molar-refractivity contribution in [2.45, 2.75) is 32.3 Å². The second-order valence-electron chi connectivity index (χ2n) is 4.92. The van der Waals surface area contributed by atoms with Gasteiger partial charge in [-0.3, -0.25) is 10.1 Å². The van der Waals surface area contributed by atoms with E-state index in [4.69, 9.17) is 10.5 Å². The summed E-state index contributed by atoms with van der Waals surface area (Å²) in [6.07, 6.45) is 2.98. The van der Waals surface area contributed by atoms with E-state index in [9.17, 15) is 10.1 Å². The highest BCUT2D eigenvalue weighted by molar-refractivity contribution is 5.61. The first-order chi connectivity index (χ1) is 9.61. The Hall–Kier alpha value is -1.89. The van der Waals surface area contributed by atoms with Crippen LogP contribution in [0.1, 0.15) is 26.2 Å². The van der Waals surface area contributed by atoms with Gasteiger partial charge in [-0.1, -0.05) is 6.92 Å². The number of nitrogens with two attached hydrogens (primary N) is 1. The predicted molar refractivity (Wildman–Crippen MR) is 76.8 cm³/mol. The molecule has 1 aliphatic heterocycles. The Labute approximate surface area is 117 Å². The maximum Gasteiger partial charge on any atom is 0.311 e. The molecule has 20 heavy (non-hydrogen) atoms. The standard InChI is InChI=1S/C13H20N4O3/c1-2-8-20-10-4-3-7-16(9-10)13-11(17(18)19)5-6-12(14)15-13/h5-6,10H,2-4,7-9H2,1H3,(H2,14,15). The fraction of sp³-hybridized carbons (Fsp3) is 0.615. The summed E-state index contributed by atoms with van der Waals surface area (Å²) in [6.45, 7) is 4.14. The molecule has 0 radical (unpaired) electrons. The van der Waals surface area contributed by atoms with Crippen molar-refractivity contribution >= 4 is 17.3 Å². The Bertz CT molecular complexity index is 481. The molecule has 0 aromatic carbocycles. The van der Waals surface area contributed by atoms with Gasteiger partial charge in [0.1, 0.15) is 5.82 Å². The van der Waals surface area contributed by atoms with Crippen LogP contribution >= 0.6 is 0 Å². The van der Waals surface area contributed by atoms with Crippen LogP contribution in [0.4, 0.5) is 17.3 Å². The van der Waals surface area contributed by atoms with Crippen molar-refractivity contribution in [3.05, 3.63) is 22.2 Å². The Morgan fingerprint density at radius 2 is 2.40 bits per heavy atom. The number of rotatable bonds is 5. The lowest BCUT2D eigenvalue weighted by Crippen LogP contribution is -2.40. The third-order valence-corrected chi connectivity index (χ3v) is 3.31. The molecule has 2 N–H and O–H groups in total. The molecule has 7 heteroatoms. The maximum atomic E-state index is 11.1. The van der Waals surface area contributed by atoms with E-state index in [0.717, 1.165) is 25.8 Å². The van der Waals surface area contributed by atoms with Crippen LogP contribution in [0.25, 0.3) is 0 Å². The second-order valence-corrected chi connectivity index (χ2v) is 4.92. The molecule has 1 unspecified atom stereocenters. The molecule has 0 bridgehead atoms. The minimum Gasteiger partial charge on any atom is -0.384 e. The van der Waals surface area contributed by atoms with E-state index in [1.807, 2.05) is 4.90 Å². The van der Waals surface area contributed by atoms with Gasteiger partial charge in [0.2, 0.25) is 5.82 Å². The number of nitrogens with zero attached hydrogens (tertiary/aromatic N) is 3. The van der Waals surface area contributed by atoms with Gasteiger partial charge in [-0.2, -0.15) is 0 Å². The van der Waals surface area contributed by atoms with Gasteiger partial charge in [0.05, 0.1) is 11.0 Å². The van der Waals surface area contributed by atoms with Gasteiger partial charge in [0, 0.05) is 25.8 Å². The normalized spacial score (nSPS) is 19.1. The third kappa shape index (κ3) is 3.36. The number of aromatic nitrogens is 1. The van der Waals surface area contributed by atoms with Crippen LogP contribution in [0.5, 0.6) is 0 Å². The number of pyridine rings is 1. The lowest BCUT2D eigenvalue weighted by Gasteiger charge is -2.33. The van der Waals surface area contributed by atoms with Gasteiger partial charge in [-0.05, 0) is 25.3 Å². The average Bonchev–Trinajstić information content (AvgIpc) is 2.45. The first-order valence-electron chi connectivity index (χ1n) is 6.89. The van der Waals surface area contributed by atoms with Gasteiger partial charge in [0.25, 0.3) is 0 Å². The predicted octanol–water partition coefficient (Wildman–Crippen LogP) is 1.97. The fourth-order valence-corrected chi connectivity index (χ4v) is 2.38. The number of anilines is 2. The number of hydrogen-bond acceptors (Lipinski definition) is 6. The number of ether oxygens (including phenoxy) is 1. The van der Waals surface area contributed by atoms with E-state index in [1.165, 1.54) is 12.1 Å². The number of piperidine rings is 1. The lowest BCUT2D eigenvalue weighted by molar-refractivity contribution is -0.384. The van der Waals surface area contributed by atoms with Gasteiger partial charge in [-0.15, -0.1) is 0 Å². The van der Waals surface area contributed by atoms with Crippen molar-refractivity contribution in [1.29, 1.82) is 0 Å². The van der Waals surface area contributed by atoms with Crippen molar-refractivity contribution in [3.8, 4) is 0 Å². The summed E-state index contributed by atoms with van der Waals surface area (Å²) < 4.78 is 5.74. The molecule has 1 aromatic rings. The van der Waals surface area contributed by atoms with Crippen LogP contribution < -0.4 is 10.6 Å². The monoisotopic (exact) mass is 280 g/mol. The van der Waals surface area contributed by atoms with E-state index >= 15 is 0 Å². The molecule has 7 nitrogen and oxygen atoms in total. The summed E-state index contributed by atoms with van der Waals surface area (Å²) in [5.41, 5.74) is 5.65. The molecular formula is C13H20N4O3. The zero-order valence-corrected chi connectivity index (χ0v) is 11.6. The summed E-state index contributed by atoms with van der Waals surface area (Å²) in [5.74, 6) is 0.641. The van der Waals surface area contributed by atoms with Crippen LogP contribution in [0.15, 0.2) is 12.1 Å². The average molecular weight is 280 g/mol. The fourth-order valence-electron chi connectivity index (χ4n) is 2.38. The molecule has 1 fully saturated rings. The third-order valence-electron chi connectivity index (χ3n) is 3.31. The van der Waals surface area contributed by atoms with E-state index < -0.39 is 4.92 Å². The van der Waals surface area contributed by atoms with Crippen molar-refractivity contribution in [2.75, 3.05) is 30.3 Å². The Morgan fingerprint density at radius 3 is 3.10 bits per heavy atom. The summed E-state index contributed by atoms with van der Waals surface area (Å²) in [6, 6.07) is 2.87. The smallest absolute Gasteiger partial charge is 0.311 e. The lowest BCUT2D eigenvalue weighted by atomic mass is 10.1. The zero-order chi connectivity index (χ0) is 14.5.